The third kappa shape index (κ3) is 3.20. The second-order valence-corrected chi connectivity index (χ2v) is 5.82. The van der Waals surface area contributed by atoms with Gasteiger partial charge in [-0.25, -0.2) is 4.39 Å². The summed E-state index contributed by atoms with van der Waals surface area (Å²) in [6.07, 6.45) is 3.20. The molecule has 0 saturated heterocycles. The van der Waals surface area contributed by atoms with Crippen molar-refractivity contribution in [2.45, 2.75) is 31.9 Å². The van der Waals surface area contributed by atoms with Crippen molar-refractivity contribution in [1.82, 2.24) is 0 Å². The lowest BCUT2D eigenvalue weighted by molar-refractivity contribution is 0.299. The minimum atomic E-state index is -0.350. The predicted octanol–water partition coefficient (Wildman–Crippen LogP) is 4.39. The average Bonchev–Trinajstić information content (AvgIpc) is 2.47. The molecule has 0 aliphatic heterocycles. The van der Waals surface area contributed by atoms with E-state index in [1.54, 1.807) is 12.1 Å². The highest BCUT2D eigenvalue weighted by molar-refractivity contribution is 6.30. The maximum Gasteiger partial charge on any atom is 0.131 e. The van der Waals surface area contributed by atoms with Gasteiger partial charge in [-0.2, -0.15) is 0 Å². The normalized spacial score (nSPS) is 17.4. The molecule has 0 aromatic heterocycles. The topological polar surface area (TPSA) is 35.2 Å². The second kappa shape index (κ2) is 6.04. The van der Waals surface area contributed by atoms with E-state index in [0.717, 1.165) is 30.6 Å². The average molecular weight is 306 g/mol. The minimum absolute atomic E-state index is 0.0737. The van der Waals surface area contributed by atoms with E-state index in [2.05, 4.69) is 6.07 Å². The van der Waals surface area contributed by atoms with Crippen LogP contribution in [0.2, 0.25) is 5.02 Å². The third-order valence-electron chi connectivity index (χ3n) is 3.89. The van der Waals surface area contributed by atoms with Gasteiger partial charge in [-0.3, -0.25) is 0 Å². The molecule has 0 radical (unpaired) electrons. The highest BCUT2D eigenvalue weighted by Gasteiger charge is 2.17. The van der Waals surface area contributed by atoms with Crippen LogP contribution in [0.3, 0.4) is 0 Å². The van der Waals surface area contributed by atoms with Gasteiger partial charge >= 0.3 is 0 Å². The van der Waals surface area contributed by atoms with Crippen molar-refractivity contribution in [1.29, 1.82) is 0 Å². The number of aryl methyl sites for hydroxylation is 1. The van der Waals surface area contributed by atoms with Crippen LogP contribution >= 0.6 is 11.6 Å². The summed E-state index contributed by atoms with van der Waals surface area (Å²) in [5.74, 6) is 0.373. The summed E-state index contributed by atoms with van der Waals surface area (Å²) in [6.45, 7) is 0.178. The summed E-state index contributed by atoms with van der Waals surface area (Å²) < 4.78 is 19.4. The second-order valence-electron chi connectivity index (χ2n) is 5.38. The van der Waals surface area contributed by atoms with Crippen molar-refractivity contribution in [2.24, 2.45) is 5.73 Å². The van der Waals surface area contributed by atoms with Gasteiger partial charge in [0.05, 0.1) is 0 Å². The van der Waals surface area contributed by atoms with Crippen LogP contribution in [0.5, 0.6) is 5.75 Å². The molecule has 2 nitrogen and oxygen atoms in total. The molecule has 0 spiro atoms. The SMILES string of the molecule is NC1CCCc2ccc(OCc3ccc(Cl)cc3F)cc21. The molecule has 21 heavy (non-hydrogen) atoms. The number of rotatable bonds is 3. The summed E-state index contributed by atoms with van der Waals surface area (Å²) in [4.78, 5) is 0. The summed E-state index contributed by atoms with van der Waals surface area (Å²) in [7, 11) is 0. The van der Waals surface area contributed by atoms with Gasteiger partial charge < -0.3 is 10.5 Å². The largest absolute Gasteiger partial charge is 0.489 e. The summed E-state index contributed by atoms with van der Waals surface area (Å²) in [5, 5.41) is 0.385. The van der Waals surface area contributed by atoms with Gasteiger partial charge in [0.15, 0.2) is 0 Å². The molecular formula is C17H17ClFNO. The van der Waals surface area contributed by atoms with Crippen LogP contribution in [0, 0.1) is 5.82 Å². The van der Waals surface area contributed by atoms with Crippen molar-refractivity contribution < 1.29 is 9.13 Å². The van der Waals surface area contributed by atoms with E-state index in [1.165, 1.54) is 11.6 Å². The fraction of sp³-hybridized carbons (Fsp3) is 0.294. The molecule has 0 saturated carbocycles. The molecule has 1 atom stereocenters. The van der Waals surface area contributed by atoms with Gasteiger partial charge in [0.25, 0.3) is 0 Å². The highest BCUT2D eigenvalue weighted by atomic mass is 35.5. The first-order valence-electron chi connectivity index (χ1n) is 7.08. The Morgan fingerprint density at radius 3 is 2.90 bits per heavy atom. The Labute approximate surface area is 128 Å². The molecule has 0 bridgehead atoms. The van der Waals surface area contributed by atoms with Crippen LogP contribution in [0.25, 0.3) is 0 Å². The summed E-state index contributed by atoms with van der Waals surface area (Å²) in [6, 6.07) is 10.6. The zero-order valence-electron chi connectivity index (χ0n) is 11.6. The van der Waals surface area contributed by atoms with Gasteiger partial charge in [-0.15, -0.1) is 0 Å². The van der Waals surface area contributed by atoms with Crippen molar-refractivity contribution in [3.63, 3.8) is 0 Å². The number of hydrogen-bond donors (Lipinski definition) is 1. The van der Waals surface area contributed by atoms with Crippen LogP contribution < -0.4 is 10.5 Å². The Hall–Kier alpha value is -1.58. The van der Waals surface area contributed by atoms with Gasteiger partial charge in [0, 0.05) is 16.6 Å². The number of fused-ring (bicyclic) bond motifs is 1. The lowest BCUT2D eigenvalue weighted by Crippen LogP contribution is -2.17. The lowest BCUT2D eigenvalue weighted by atomic mass is 9.88. The quantitative estimate of drug-likeness (QED) is 0.912. The van der Waals surface area contributed by atoms with E-state index in [4.69, 9.17) is 22.1 Å². The molecule has 0 fully saturated rings. The summed E-state index contributed by atoms with van der Waals surface area (Å²) in [5.41, 5.74) is 9.06. The minimum Gasteiger partial charge on any atom is -0.489 e. The molecular weight excluding hydrogens is 289 g/mol. The number of benzene rings is 2. The fourth-order valence-corrected chi connectivity index (χ4v) is 2.86. The van der Waals surface area contributed by atoms with Crippen LogP contribution in [-0.2, 0) is 13.0 Å². The van der Waals surface area contributed by atoms with E-state index < -0.39 is 0 Å². The number of hydrogen-bond acceptors (Lipinski definition) is 2. The molecule has 2 aromatic carbocycles. The van der Waals surface area contributed by atoms with Crippen molar-refractivity contribution in [3.8, 4) is 5.75 Å². The molecule has 2 N–H and O–H groups in total. The van der Waals surface area contributed by atoms with Gasteiger partial charge in [0.1, 0.15) is 18.2 Å². The monoisotopic (exact) mass is 305 g/mol. The zero-order valence-corrected chi connectivity index (χ0v) is 12.4. The third-order valence-corrected chi connectivity index (χ3v) is 4.12. The first-order chi connectivity index (χ1) is 10.1. The zero-order chi connectivity index (χ0) is 14.8. The molecule has 1 aliphatic rings. The Morgan fingerprint density at radius 1 is 1.24 bits per heavy atom. The molecule has 1 aliphatic carbocycles. The lowest BCUT2D eigenvalue weighted by Gasteiger charge is -2.22. The smallest absolute Gasteiger partial charge is 0.131 e. The molecule has 110 valence electrons. The molecule has 4 heteroatoms. The van der Waals surface area contributed by atoms with Crippen LogP contribution in [0.1, 0.15) is 35.6 Å². The summed E-state index contributed by atoms with van der Waals surface area (Å²) >= 11 is 5.73. The number of halogens is 2. The maximum atomic E-state index is 13.7. The predicted molar refractivity (Wildman–Crippen MR) is 82.1 cm³/mol. The molecule has 0 heterocycles. The Morgan fingerprint density at radius 2 is 2.10 bits per heavy atom. The maximum absolute atomic E-state index is 13.7. The fourth-order valence-electron chi connectivity index (χ4n) is 2.70. The molecule has 2 aromatic rings. The number of ether oxygens (including phenoxy) is 1. The number of nitrogens with two attached hydrogens (primary N) is 1. The Bertz CT molecular complexity index is 659. The standard InChI is InChI=1S/C17H17ClFNO/c18-13-6-4-12(16(19)8-13)10-21-14-7-5-11-2-1-3-17(20)15(11)9-14/h4-9,17H,1-3,10,20H2. The first-order valence-corrected chi connectivity index (χ1v) is 7.46. The van der Waals surface area contributed by atoms with E-state index >= 15 is 0 Å². The van der Waals surface area contributed by atoms with Crippen LogP contribution in [0.4, 0.5) is 4.39 Å². The van der Waals surface area contributed by atoms with E-state index in [1.807, 2.05) is 12.1 Å². The molecule has 0 amide bonds. The van der Waals surface area contributed by atoms with Crippen molar-refractivity contribution in [3.05, 3.63) is 63.9 Å². The Kier molecular flexibility index (Phi) is 4.13. The Balaban J connectivity index is 1.75. The van der Waals surface area contributed by atoms with Crippen LogP contribution in [-0.4, -0.2) is 0 Å². The van der Waals surface area contributed by atoms with E-state index in [-0.39, 0.29) is 18.5 Å². The highest BCUT2D eigenvalue weighted by Crippen LogP contribution is 2.31. The first kappa shape index (κ1) is 14.4. The van der Waals surface area contributed by atoms with Gasteiger partial charge in [-0.05, 0) is 54.7 Å². The van der Waals surface area contributed by atoms with Gasteiger partial charge in [-0.1, -0.05) is 23.7 Å². The van der Waals surface area contributed by atoms with Crippen LogP contribution in [0.15, 0.2) is 36.4 Å². The van der Waals surface area contributed by atoms with E-state index in [0.29, 0.717) is 10.6 Å². The molecule has 1 unspecified atom stereocenters. The van der Waals surface area contributed by atoms with E-state index in [9.17, 15) is 4.39 Å². The van der Waals surface area contributed by atoms with Gasteiger partial charge in [0.2, 0.25) is 0 Å². The molecule has 3 rings (SSSR count). The van der Waals surface area contributed by atoms with Crippen molar-refractivity contribution >= 4 is 11.6 Å². The van der Waals surface area contributed by atoms with Crippen molar-refractivity contribution in [2.75, 3.05) is 0 Å².